The Morgan fingerprint density at radius 2 is 2.21 bits per heavy atom. The first-order valence-electron chi connectivity index (χ1n) is 4.97. The minimum Gasteiger partial charge on any atom is -0.384 e. The van der Waals surface area contributed by atoms with Crippen LogP contribution in [0.3, 0.4) is 0 Å². The topological polar surface area (TPSA) is 105 Å². The largest absolute Gasteiger partial charge is 0.384 e. The fraction of sp³-hybridized carbons (Fsp3) is 0.100. The Kier molecular flexibility index (Phi) is 4.06. The summed E-state index contributed by atoms with van der Waals surface area (Å²) in [6.45, 7) is -0.304. The number of aromatic nitrogens is 3. The highest BCUT2D eigenvalue weighted by molar-refractivity contribution is 7.93. The van der Waals surface area contributed by atoms with Crippen molar-refractivity contribution >= 4 is 26.6 Å². The van der Waals surface area contributed by atoms with Gasteiger partial charge in [0.2, 0.25) is 0 Å². The van der Waals surface area contributed by atoms with Crippen molar-refractivity contribution in [2.24, 2.45) is 0 Å². The lowest BCUT2D eigenvalue weighted by Gasteiger charge is -2.04. The fourth-order valence-electron chi connectivity index (χ4n) is 1.18. The molecule has 2 N–H and O–H groups in total. The lowest BCUT2D eigenvalue weighted by atomic mass is 10.3. The van der Waals surface area contributed by atoms with E-state index in [-0.39, 0.29) is 11.5 Å². The zero-order valence-electron chi connectivity index (χ0n) is 9.44. The molecule has 0 saturated carbocycles. The van der Waals surface area contributed by atoms with E-state index >= 15 is 0 Å². The molecule has 0 spiro atoms. The SMILES string of the molecule is O=S(=O)(Nc1cnns1)c1cncc(C#CCO)c1. The van der Waals surface area contributed by atoms with E-state index in [1.54, 1.807) is 0 Å². The van der Waals surface area contributed by atoms with Crippen molar-refractivity contribution in [3.05, 3.63) is 30.2 Å². The summed E-state index contributed by atoms with van der Waals surface area (Å²) in [6.07, 6.45) is 3.93. The Bertz CT molecular complexity index is 717. The standard InChI is InChI=1S/C10H8N4O3S2/c15-3-1-2-8-4-9(6-11-5-8)19(16,17)13-10-7-12-14-18-10/h4-7,13,15H,3H2. The van der Waals surface area contributed by atoms with Crippen LogP contribution >= 0.6 is 11.5 Å². The zero-order valence-corrected chi connectivity index (χ0v) is 11.1. The molecule has 0 radical (unpaired) electrons. The summed E-state index contributed by atoms with van der Waals surface area (Å²) < 4.78 is 29.9. The summed E-state index contributed by atoms with van der Waals surface area (Å²) in [5.74, 6) is 5.01. The molecule has 0 aliphatic heterocycles. The number of hydrogen-bond donors (Lipinski definition) is 2. The molecule has 0 aliphatic carbocycles. The van der Waals surface area contributed by atoms with Gasteiger partial charge in [0.05, 0.1) is 6.20 Å². The van der Waals surface area contributed by atoms with E-state index in [0.29, 0.717) is 10.6 Å². The van der Waals surface area contributed by atoms with Gasteiger partial charge >= 0.3 is 0 Å². The number of pyridine rings is 1. The summed E-state index contributed by atoms with van der Waals surface area (Å²) in [5.41, 5.74) is 0.402. The van der Waals surface area contributed by atoms with Crippen LogP contribution in [-0.2, 0) is 10.0 Å². The molecule has 0 atom stereocenters. The molecular formula is C10H8N4O3S2. The Morgan fingerprint density at radius 1 is 1.37 bits per heavy atom. The smallest absolute Gasteiger partial charge is 0.264 e. The van der Waals surface area contributed by atoms with Gasteiger partial charge in [0.1, 0.15) is 16.5 Å². The van der Waals surface area contributed by atoms with Gasteiger partial charge < -0.3 is 5.11 Å². The van der Waals surface area contributed by atoms with Crippen molar-refractivity contribution in [3.63, 3.8) is 0 Å². The van der Waals surface area contributed by atoms with E-state index in [2.05, 4.69) is 31.1 Å². The average Bonchev–Trinajstić information content (AvgIpc) is 2.89. The molecule has 2 aromatic heterocycles. The van der Waals surface area contributed by atoms with Gasteiger partial charge in [-0.2, -0.15) is 0 Å². The summed E-state index contributed by atoms with van der Waals surface area (Å²) in [6, 6.07) is 1.37. The Labute approximate surface area is 113 Å². The van der Waals surface area contributed by atoms with E-state index in [1.165, 1.54) is 24.7 Å². The highest BCUT2D eigenvalue weighted by Crippen LogP contribution is 2.17. The van der Waals surface area contributed by atoms with Gasteiger partial charge in [-0.15, -0.1) is 5.10 Å². The second-order valence-electron chi connectivity index (χ2n) is 3.26. The fourth-order valence-corrected chi connectivity index (χ4v) is 2.85. The molecule has 0 bridgehead atoms. The average molecular weight is 296 g/mol. The lowest BCUT2D eigenvalue weighted by Crippen LogP contribution is -2.12. The molecule has 0 fully saturated rings. The summed E-state index contributed by atoms with van der Waals surface area (Å²) in [5, 5.41) is 12.4. The van der Waals surface area contributed by atoms with Gasteiger partial charge in [0.15, 0.2) is 0 Å². The van der Waals surface area contributed by atoms with Gasteiger partial charge in [-0.3, -0.25) is 9.71 Å². The van der Waals surface area contributed by atoms with Crippen LogP contribution in [0.25, 0.3) is 0 Å². The lowest BCUT2D eigenvalue weighted by molar-refractivity contribution is 0.350. The van der Waals surface area contributed by atoms with Crippen LogP contribution in [0.1, 0.15) is 5.56 Å². The van der Waals surface area contributed by atoms with Crippen molar-refractivity contribution in [2.75, 3.05) is 11.3 Å². The van der Waals surface area contributed by atoms with Gasteiger partial charge in [0.25, 0.3) is 10.0 Å². The minimum atomic E-state index is -3.74. The predicted octanol–water partition coefficient (Wildman–Crippen LogP) is 0.0777. The molecule has 0 aromatic carbocycles. The zero-order chi connectivity index (χ0) is 13.7. The maximum atomic E-state index is 12.0. The van der Waals surface area contributed by atoms with Gasteiger partial charge in [-0.25, -0.2) is 8.42 Å². The number of hydrogen-bond acceptors (Lipinski definition) is 7. The Hall–Kier alpha value is -2.02. The van der Waals surface area contributed by atoms with Crippen LogP contribution in [0.4, 0.5) is 5.00 Å². The van der Waals surface area contributed by atoms with E-state index in [1.807, 2.05) is 0 Å². The first-order valence-corrected chi connectivity index (χ1v) is 7.22. The molecule has 19 heavy (non-hydrogen) atoms. The van der Waals surface area contributed by atoms with Crippen molar-refractivity contribution in [3.8, 4) is 11.8 Å². The molecule has 0 saturated heterocycles. The Morgan fingerprint density at radius 3 is 2.89 bits per heavy atom. The van der Waals surface area contributed by atoms with Crippen LogP contribution in [0.15, 0.2) is 29.6 Å². The van der Waals surface area contributed by atoms with E-state index in [4.69, 9.17) is 5.11 Å². The van der Waals surface area contributed by atoms with Crippen LogP contribution in [-0.4, -0.2) is 34.7 Å². The number of rotatable bonds is 3. The van der Waals surface area contributed by atoms with Crippen LogP contribution in [0, 0.1) is 11.8 Å². The summed E-state index contributed by atoms with van der Waals surface area (Å²) in [7, 11) is -3.74. The molecule has 0 aliphatic rings. The first-order chi connectivity index (χ1) is 9.12. The highest BCUT2D eigenvalue weighted by Gasteiger charge is 2.16. The summed E-state index contributed by atoms with van der Waals surface area (Å²) >= 11 is 0.930. The third kappa shape index (κ3) is 3.47. The molecular weight excluding hydrogens is 288 g/mol. The maximum Gasteiger partial charge on any atom is 0.264 e. The van der Waals surface area contributed by atoms with Gasteiger partial charge in [-0.05, 0) is 6.07 Å². The van der Waals surface area contributed by atoms with Crippen molar-refractivity contribution < 1.29 is 13.5 Å². The van der Waals surface area contributed by atoms with E-state index in [0.717, 1.165) is 11.5 Å². The highest BCUT2D eigenvalue weighted by atomic mass is 32.2. The van der Waals surface area contributed by atoms with Crippen LogP contribution in [0.2, 0.25) is 0 Å². The number of aliphatic hydroxyl groups excluding tert-OH is 1. The molecule has 0 amide bonds. The van der Waals surface area contributed by atoms with Crippen LogP contribution in [0.5, 0.6) is 0 Å². The Balaban J connectivity index is 2.30. The first kappa shape index (κ1) is 13.4. The maximum absolute atomic E-state index is 12.0. The van der Waals surface area contributed by atoms with Gasteiger partial charge in [0, 0.05) is 29.5 Å². The van der Waals surface area contributed by atoms with E-state index < -0.39 is 10.0 Å². The number of nitrogens with zero attached hydrogens (tertiary/aromatic N) is 3. The molecule has 2 aromatic rings. The molecule has 2 rings (SSSR count). The minimum absolute atomic E-state index is 0.0226. The molecule has 98 valence electrons. The van der Waals surface area contributed by atoms with Gasteiger partial charge in [-0.1, -0.05) is 16.3 Å². The number of anilines is 1. The monoisotopic (exact) mass is 296 g/mol. The third-order valence-electron chi connectivity index (χ3n) is 1.93. The number of nitrogens with one attached hydrogen (secondary N) is 1. The predicted molar refractivity (Wildman–Crippen MR) is 68.9 cm³/mol. The summed E-state index contributed by atoms with van der Waals surface area (Å²) in [4.78, 5) is 3.78. The molecule has 0 unspecified atom stereocenters. The number of sulfonamides is 1. The van der Waals surface area contributed by atoms with Crippen molar-refractivity contribution in [1.29, 1.82) is 0 Å². The molecule has 7 nitrogen and oxygen atoms in total. The third-order valence-corrected chi connectivity index (χ3v) is 3.97. The quantitative estimate of drug-likeness (QED) is 0.777. The molecule has 2 heterocycles. The number of aliphatic hydroxyl groups is 1. The van der Waals surface area contributed by atoms with Crippen molar-refractivity contribution in [1.82, 2.24) is 14.6 Å². The van der Waals surface area contributed by atoms with Crippen LogP contribution < -0.4 is 4.72 Å². The molecule has 9 heteroatoms. The second kappa shape index (κ2) is 5.75. The van der Waals surface area contributed by atoms with E-state index in [9.17, 15) is 8.42 Å². The normalized spacial score (nSPS) is 10.6. The second-order valence-corrected chi connectivity index (χ2v) is 5.72. The van der Waals surface area contributed by atoms with Crippen molar-refractivity contribution in [2.45, 2.75) is 4.90 Å².